The fourth-order valence-corrected chi connectivity index (χ4v) is 7.51. The molecule has 3 unspecified atom stereocenters. The fraction of sp³-hybridized carbons (Fsp3) is 0.429. The van der Waals surface area contributed by atoms with Crippen molar-refractivity contribution in [2.45, 2.75) is 62.6 Å². The van der Waals surface area contributed by atoms with E-state index in [1.54, 1.807) is 4.90 Å². The molecule has 1 saturated carbocycles. The molecule has 4 aliphatic rings. The molecule has 4 fully saturated rings. The second-order valence-corrected chi connectivity index (χ2v) is 13.3. The normalized spacial score (nSPS) is 25.5. The molecule has 5 heterocycles. The van der Waals surface area contributed by atoms with E-state index in [1.165, 1.54) is 11.3 Å². The molecule has 2 aromatic heterocycles. The molecule has 11 heteroatoms. The van der Waals surface area contributed by atoms with Gasteiger partial charge in [0.1, 0.15) is 11.6 Å². The SMILES string of the molecule is CN1CCC[C@H]1c1nc(-c2ccc(-c3ccc(-c4c[nH]c(C5CC6CC6N5C(=O)C(=O)N5CCC(F)(F)CC5)n4)cc3)cc2)c[nH]1. The van der Waals surface area contributed by atoms with Gasteiger partial charge in [-0.3, -0.25) is 14.5 Å². The number of benzene rings is 2. The molecular formula is C35H37F2N7O2. The predicted octanol–water partition coefficient (Wildman–Crippen LogP) is 5.82. The van der Waals surface area contributed by atoms with Gasteiger partial charge in [-0.15, -0.1) is 0 Å². The highest BCUT2D eigenvalue weighted by Gasteiger charge is 2.56. The quantitative estimate of drug-likeness (QED) is 0.272. The Morgan fingerprint density at radius 2 is 1.30 bits per heavy atom. The molecule has 238 valence electrons. The third-order valence-corrected chi connectivity index (χ3v) is 10.3. The summed E-state index contributed by atoms with van der Waals surface area (Å²) in [5.41, 5.74) is 5.91. The lowest BCUT2D eigenvalue weighted by molar-refractivity contribution is -0.156. The first-order valence-electron chi connectivity index (χ1n) is 16.3. The van der Waals surface area contributed by atoms with Crippen LogP contribution < -0.4 is 0 Å². The summed E-state index contributed by atoms with van der Waals surface area (Å²) in [6.07, 6.45) is 6.94. The van der Waals surface area contributed by atoms with E-state index in [4.69, 9.17) is 9.97 Å². The van der Waals surface area contributed by atoms with Crippen LogP contribution in [0.25, 0.3) is 33.6 Å². The van der Waals surface area contributed by atoms with Crippen molar-refractivity contribution in [2.24, 2.45) is 5.92 Å². The van der Waals surface area contributed by atoms with Crippen molar-refractivity contribution in [1.29, 1.82) is 0 Å². The van der Waals surface area contributed by atoms with E-state index in [0.717, 1.165) is 65.3 Å². The van der Waals surface area contributed by atoms with Crippen molar-refractivity contribution in [3.05, 3.63) is 72.6 Å². The van der Waals surface area contributed by atoms with Gasteiger partial charge in [0, 0.05) is 55.5 Å². The number of amides is 2. The molecule has 46 heavy (non-hydrogen) atoms. The number of aromatic amines is 2. The van der Waals surface area contributed by atoms with Gasteiger partial charge in [-0.2, -0.15) is 0 Å². The van der Waals surface area contributed by atoms with Gasteiger partial charge >= 0.3 is 11.8 Å². The van der Waals surface area contributed by atoms with Gasteiger partial charge in [0.2, 0.25) is 0 Å². The Morgan fingerprint density at radius 3 is 1.85 bits per heavy atom. The average Bonchev–Trinajstić information content (AvgIpc) is 3.57. The van der Waals surface area contributed by atoms with Crippen molar-refractivity contribution in [3.63, 3.8) is 0 Å². The molecule has 2 amide bonds. The smallest absolute Gasteiger partial charge is 0.312 e. The van der Waals surface area contributed by atoms with E-state index in [-0.39, 0.29) is 25.2 Å². The Hall–Kier alpha value is -4.38. The first-order chi connectivity index (χ1) is 22.2. The molecule has 4 aromatic rings. The van der Waals surface area contributed by atoms with Gasteiger partial charge in [0.15, 0.2) is 0 Å². The Labute approximate surface area is 266 Å². The number of alkyl halides is 2. The topological polar surface area (TPSA) is 101 Å². The van der Waals surface area contributed by atoms with Gasteiger partial charge in [0.25, 0.3) is 5.92 Å². The number of likely N-dealkylation sites (tertiary alicyclic amines) is 3. The van der Waals surface area contributed by atoms with Crippen LogP contribution in [0.15, 0.2) is 60.9 Å². The maximum atomic E-state index is 13.6. The van der Waals surface area contributed by atoms with E-state index in [9.17, 15) is 18.4 Å². The van der Waals surface area contributed by atoms with Crippen LogP contribution in [0.1, 0.15) is 62.3 Å². The number of imidazole rings is 2. The van der Waals surface area contributed by atoms with Gasteiger partial charge in [0.05, 0.1) is 23.5 Å². The summed E-state index contributed by atoms with van der Waals surface area (Å²) < 4.78 is 27.2. The number of hydrogen-bond acceptors (Lipinski definition) is 5. The molecule has 0 radical (unpaired) electrons. The second kappa shape index (κ2) is 11.2. The number of H-pyrrole nitrogens is 2. The van der Waals surface area contributed by atoms with E-state index < -0.39 is 30.6 Å². The lowest BCUT2D eigenvalue weighted by atomic mass is 10.0. The Bertz CT molecular complexity index is 1760. The lowest BCUT2D eigenvalue weighted by Crippen LogP contribution is -2.50. The summed E-state index contributed by atoms with van der Waals surface area (Å²) in [7, 11) is 2.15. The minimum Gasteiger partial charge on any atom is -0.347 e. The predicted molar refractivity (Wildman–Crippen MR) is 169 cm³/mol. The molecule has 3 saturated heterocycles. The standard InChI is InChI=1S/C35H37F2N7O2/c1-42-14-2-3-28(42)31-38-19-26(40-31)23-8-4-21(5-9-23)22-6-10-24(11-7-22)27-20-39-32(41-27)30-18-25-17-29(25)44(30)34(46)33(45)43-15-12-35(36,37)13-16-43/h4-11,19-20,25,28-30H,2-3,12-18H2,1H3,(H,38,40)(H,39,41)/t25?,28-,29?,30?/m0/s1. The summed E-state index contributed by atoms with van der Waals surface area (Å²) >= 11 is 0. The summed E-state index contributed by atoms with van der Waals surface area (Å²) in [6, 6.07) is 16.7. The van der Waals surface area contributed by atoms with Gasteiger partial charge in [-0.05, 0) is 56.3 Å². The third-order valence-electron chi connectivity index (χ3n) is 10.3. The molecule has 0 bridgehead atoms. The Morgan fingerprint density at radius 1 is 0.761 bits per heavy atom. The Balaban J connectivity index is 0.938. The maximum Gasteiger partial charge on any atom is 0.312 e. The minimum absolute atomic E-state index is 0.0102. The van der Waals surface area contributed by atoms with Crippen LogP contribution in [0, 0.1) is 5.92 Å². The number of piperidine rings is 2. The van der Waals surface area contributed by atoms with Crippen molar-refractivity contribution >= 4 is 11.8 Å². The number of carbonyl (C=O) groups excluding carboxylic acids is 2. The average molecular weight is 626 g/mol. The van der Waals surface area contributed by atoms with Crippen molar-refractivity contribution in [1.82, 2.24) is 34.6 Å². The van der Waals surface area contributed by atoms with Crippen LogP contribution in [0.5, 0.6) is 0 Å². The number of aromatic nitrogens is 4. The molecule has 4 atom stereocenters. The number of nitrogens with zero attached hydrogens (tertiary/aromatic N) is 5. The molecule has 2 N–H and O–H groups in total. The summed E-state index contributed by atoms with van der Waals surface area (Å²) in [6.45, 7) is 0.906. The number of fused-ring (bicyclic) bond motifs is 1. The second-order valence-electron chi connectivity index (χ2n) is 13.3. The van der Waals surface area contributed by atoms with E-state index in [2.05, 4.69) is 58.3 Å². The molecule has 0 spiro atoms. The van der Waals surface area contributed by atoms with Crippen LogP contribution in [0.2, 0.25) is 0 Å². The number of halogens is 2. The molecule has 8 rings (SSSR count). The zero-order valence-electron chi connectivity index (χ0n) is 25.8. The number of rotatable bonds is 5. The molecular weight excluding hydrogens is 588 g/mol. The van der Waals surface area contributed by atoms with Crippen molar-refractivity contribution < 1.29 is 18.4 Å². The van der Waals surface area contributed by atoms with Crippen LogP contribution in [-0.4, -0.2) is 85.1 Å². The zero-order valence-corrected chi connectivity index (χ0v) is 25.8. The van der Waals surface area contributed by atoms with Crippen molar-refractivity contribution in [2.75, 3.05) is 26.7 Å². The fourth-order valence-electron chi connectivity index (χ4n) is 7.51. The minimum atomic E-state index is -2.78. The summed E-state index contributed by atoms with van der Waals surface area (Å²) in [5, 5.41) is 0. The number of hydrogen-bond donors (Lipinski definition) is 2. The zero-order chi connectivity index (χ0) is 31.6. The molecule has 9 nitrogen and oxygen atoms in total. The monoisotopic (exact) mass is 625 g/mol. The summed E-state index contributed by atoms with van der Waals surface area (Å²) in [5.74, 6) is -2.05. The highest BCUT2D eigenvalue weighted by molar-refractivity contribution is 6.35. The van der Waals surface area contributed by atoms with Crippen LogP contribution in [-0.2, 0) is 9.59 Å². The number of carbonyl (C=O) groups is 2. The first-order valence-corrected chi connectivity index (χ1v) is 16.3. The van der Waals surface area contributed by atoms with E-state index in [0.29, 0.717) is 17.8 Å². The molecule has 3 aliphatic heterocycles. The Kier molecular flexibility index (Phi) is 7.04. The van der Waals surface area contributed by atoms with Gasteiger partial charge < -0.3 is 19.8 Å². The largest absolute Gasteiger partial charge is 0.347 e. The lowest BCUT2D eigenvalue weighted by Gasteiger charge is -2.33. The summed E-state index contributed by atoms with van der Waals surface area (Å²) in [4.78, 5) is 48.0. The highest BCUT2D eigenvalue weighted by Crippen LogP contribution is 2.53. The van der Waals surface area contributed by atoms with E-state index >= 15 is 0 Å². The highest BCUT2D eigenvalue weighted by atomic mass is 19.3. The molecule has 1 aliphatic carbocycles. The van der Waals surface area contributed by atoms with Gasteiger partial charge in [-0.1, -0.05) is 48.5 Å². The third kappa shape index (κ3) is 5.30. The van der Waals surface area contributed by atoms with Crippen LogP contribution in [0.3, 0.4) is 0 Å². The first kappa shape index (κ1) is 29.1. The van der Waals surface area contributed by atoms with Crippen molar-refractivity contribution in [3.8, 4) is 33.6 Å². The maximum absolute atomic E-state index is 13.6. The van der Waals surface area contributed by atoms with Gasteiger partial charge in [-0.25, -0.2) is 18.7 Å². The van der Waals surface area contributed by atoms with Crippen LogP contribution >= 0.6 is 0 Å². The molecule has 2 aromatic carbocycles. The van der Waals surface area contributed by atoms with Crippen LogP contribution in [0.4, 0.5) is 8.78 Å². The number of nitrogens with one attached hydrogen (secondary N) is 2. The van der Waals surface area contributed by atoms with E-state index in [1.807, 2.05) is 24.5 Å².